The molecule has 0 aromatic heterocycles. The average Bonchev–Trinajstić information content (AvgIpc) is 2.67. The second-order valence-electron chi connectivity index (χ2n) is 7.74. The molecule has 1 fully saturated rings. The van der Waals surface area contributed by atoms with Crippen LogP contribution in [0, 0.1) is 20.8 Å². The maximum Gasteiger partial charge on any atom is 0.238 e. The molecule has 3 rings (SSSR count). The molecule has 0 spiro atoms. The number of anilines is 1. The van der Waals surface area contributed by atoms with Crippen LogP contribution in [0.4, 0.5) is 5.69 Å². The molecule has 5 nitrogen and oxygen atoms in total. The Bertz CT molecular complexity index is 808. The molecule has 0 radical (unpaired) electrons. The first kappa shape index (κ1) is 21.6. The third kappa shape index (κ3) is 6.46. The standard InChI is InChI=1S/C23H30ClN3O2/c1-17-14-18(2)23(19(3)15-17)25-22(28)16-27-10-8-26(9-11-27)12-13-29-21-6-4-20(24)5-7-21/h4-7,14-15H,8-13,16H2,1-3H3,(H,25,28). The van der Waals surface area contributed by atoms with Crippen LogP contribution >= 0.6 is 11.6 Å². The van der Waals surface area contributed by atoms with Gasteiger partial charge in [0.2, 0.25) is 5.91 Å². The fourth-order valence-corrected chi connectivity index (χ4v) is 3.88. The average molecular weight is 416 g/mol. The summed E-state index contributed by atoms with van der Waals surface area (Å²) in [5.74, 6) is 0.894. The van der Waals surface area contributed by atoms with Gasteiger partial charge in [0, 0.05) is 43.4 Å². The Morgan fingerprint density at radius 2 is 1.59 bits per heavy atom. The first-order valence-electron chi connectivity index (χ1n) is 10.1. The Labute approximate surface area is 178 Å². The number of rotatable bonds is 7. The minimum atomic E-state index is 0.0552. The summed E-state index contributed by atoms with van der Waals surface area (Å²) in [7, 11) is 0. The van der Waals surface area contributed by atoms with Gasteiger partial charge in [-0.05, 0) is 56.2 Å². The van der Waals surface area contributed by atoms with Crippen LogP contribution in [0.2, 0.25) is 5.02 Å². The second-order valence-corrected chi connectivity index (χ2v) is 8.18. The number of nitrogens with one attached hydrogen (secondary N) is 1. The smallest absolute Gasteiger partial charge is 0.238 e. The minimum absolute atomic E-state index is 0.0552. The number of carbonyl (C=O) groups excluding carboxylic acids is 1. The highest BCUT2D eigenvalue weighted by Gasteiger charge is 2.19. The lowest BCUT2D eigenvalue weighted by molar-refractivity contribution is -0.117. The van der Waals surface area contributed by atoms with Crippen molar-refractivity contribution in [1.29, 1.82) is 0 Å². The predicted octanol–water partition coefficient (Wildman–Crippen LogP) is 3.90. The number of halogens is 1. The summed E-state index contributed by atoms with van der Waals surface area (Å²) in [5.41, 5.74) is 4.38. The van der Waals surface area contributed by atoms with Crippen molar-refractivity contribution in [2.45, 2.75) is 20.8 Å². The molecule has 6 heteroatoms. The van der Waals surface area contributed by atoms with Gasteiger partial charge in [-0.3, -0.25) is 14.6 Å². The number of ether oxygens (including phenoxy) is 1. The molecule has 1 N–H and O–H groups in total. The van der Waals surface area contributed by atoms with Crippen molar-refractivity contribution in [3.8, 4) is 5.75 Å². The number of hydrogen-bond donors (Lipinski definition) is 1. The normalized spacial score (nSPS) is 15.3. The molecule has 1 amide bonds. The van der Waals surface area contributed by atoms with Crippen LogP contribution in [-0.4, -0.2) is 61.6 Å². The quantitative estimate of drug-likeness (QED) is 0.744. The SMILES string of the molecule is Cc1cc(C)c(NC(=O)CN2CCN(CCOc3ccc(Cl)cc3)CC2)c(C)c1. The van der Waals surface area contributed by atoms with E-state index in [0.717, 1.165) is 55.3 Å². The minimum Gasteiger partial charge on any atom is -0.492 e. The molecular formula is C23H30ClN3O2. The molecule has 0 aliphatic carbocycles. The van der Waals surface area contributed by atoms with Crippen molar-refractivity contribution < 1.29 is 9.53 Å². The van der Waals surface area contributed by atoms with E-state index in [0.29, 0.717) is 18.2 Å². The Balaban J connectivity index is 1.38. The number of aryl methyl sites for hydroxylation is 3. The summed E-state index contributed by atoms with van der Waals surface area (Å²) < 4.78 is 5.77. The maximum absolute atomic E-state index is 12.5. The van der Waals surface area contributed by atoms with Crippen molar-refractivity contribution in [3.05, 3.63) is 58.1 Å². The predicted molar refractivity (Wildman–Crippen MR) is 119 cm³/mol. The molecule has 1 aliphatic heterocycles. The van der Waals surface area contributed by atoms with Crippen LogP contribution in [-0.2, 0) is 4.79 Å². The second kappa shape index (κ2) is 10.1. The molecule has 2 aromatic carbocycles. The van der Waals surface area contributed by atoms with E-state index in [1.54, 1.807) is 0 Å². The van der Waals surface area contributed by atoms with Crippen molar-refractivity contribution in [3.63, 3.8) is 0 Å². The summed E-state index contributed by atoms with van der Waals surface area (Å²) in [6.07, 6.45) is 0. The number of nitrogens with zero attached hydrogens (tertiary/aromatic N) is 2. The van der Waals surface area contributed by atoms with Gasteiger partial charge in [-0.2, -0.15) is 0 Å². The lowest BCUT2D eigenvalue weighted by Crippen LogP contribution is -2.49. The van der Waals surface area contributed by atoms with E-state index in [1.165, 1.54) is 5.56 Å². The Morgan fingerprint density at radius 1 is 1.00 bits per heavy atom. The lowest BCUT2D eigenvalue weighted by Gasteiger charge is -2.34. The third-order valence-electron chi connectivity index (χ3n) is 5.26. The summed E-state index contributed by atoms with van der Waals surface area (Å²) in [4.78, 5) is 17.1. The van der Waals surface area contributed by atoms with Gasteiger partial charge in [0.1, 0.15) is 12.4 Å². The van der Waals surface area contributed by atoms with Crippen molar-refractivity contribution in [1.82, 2.24) is 9.80 Å². The van der Waals surface area contributed by atoms with Crippen LogP contribution in [0.15, 0.2) is 36.4 Å². The lowest BCUT2D eigenvalue weighted by atomic mass is 10.1. The van der Waals surface area contributed by atoms with Crippen LogP contribution in [0.25, 0.3) is 0 Å². The molecule has 0 atom stereocenters. The van der Waals surface area contributed by atoms with E-state index in [4.69, 9.17) is 16.3 Å². The first-order chi connectivity index (χ1) is 13.9. The van der Waals surface area contributed by atoms with Crippen LogP contribution in [0.5, 0.6) is 5.75 Å². The fourth-order valence-electron chi connectivity index (χ4n) is 3.75. The molecule has 2 aromatic rings. The molecule has 156 valence electrons. The molecule has 1 saturated heterocycles. The van der Waals surface area contributed by atoms with E-state index in [2.05, 4.69) is 34.2 Å². The molecular weight excluding hydrogens is 386 g/mol. The van der Waals surface area contributed by atoms with Gasteiger partial charge in [-0.15, -0.1) is 0 Å². The fraction of sp³-hybridized carbons (Fsp3) is 0.435. The van der Waals surface area contributed by atoms with E-state index < -0.39 is 0 Å². The zero-order valence-electron chi connectivity index (χ0n) is 17.5. The van der Waals surface area contributed by atoms with E-state index in [9.17, 15) is 4.79 Å². The highest BCUT2D eigenvalue weighted by atomic mass is 35.5. The highest BCUT2D eigenvalue weighted by molar-refractivity contribution is 6.30. The molecule has 0 bridgehead atoms. The topological polar surface area (TPSA) is 44.8 Å². The van der Waals surface area contributed by atoms with Gasteiger partial charge in [0.15, 0.2) is 0 Å². The molecule has 29 heavy (non-hydrogen) atoms. The highest BCUT2D eigenvalue weighted by Crippen LogP contribution is 2.22. The first-order valence-corrected chi connectivity index (χ1v) is 10.5. The van der Waals surface area contributed by atoms with Crippen LogP contribution in [0.3, 0.4) is 0 Å². The van der Waals surface area contributed by atoms with Crippen LogP contribution in [0.1, 0.15) is 16.7 Å². The molecule has 0 saturated carbocycles. The van der Waals surface area contributed by atoms with Gasteiger partial charge in [-0.1, -0.05) is 29.3 Å². The number of hydrogen-bond acceptors (Lipinski definition) is 4. The maximum atomic E-state index is 12.5. The van der Waals surface area contributed by atoms with Crippen LogP contribution < -0.4 is 10.1 Å². The molecule has 0 unspecified atom stereocenters. The monoisotopic (exact) mass is 415 g/mol. The van der Waals surface area contributed by atoms with Gasteiger partial charge in [0.05, 0.1) is 6.54 Å². The van der Waals surface area contributed by atoms with Gasteiger partial charge < -0.3 is 10.1 Å². The Hall–Kier alpha value is -2.08. The zero-order valence-corrected chi connectivity index (χ0v) is 18.3. The van der Waals surface area contributed by atoms with Gasteiger partial charge >= 0.3 is 0 Å². The Kier molecular flexibility index (Phi) is 7.53. The molecule has 1 heterocycles. The summed E-state index contributed by atoms with van der Waals surface area (Å²) in [6, 6.07) is 11.6. The summed E-state index contributed by atoms with van der Waals surface area (Å²) in [6.45, 7) is 11.8. The summed E-state index contributed by atoms with van der Waals surface area (Å²) >= 11 is 5.89. The third-order valence-corrected chi connectivity index (χ3v) is 5.52. The van der Waals surface area contributed by atoms with Crippen molar-refractivity contribution >= 4 is 23.2 Å². The number of benzene rings is 2. The van der Waals surface area contributed by atoms with Crippen molar-refractivity contribution in [2.75, 3.05) is 51.2 Å². The summed E-state index contributed by atoms with van der Waals surface area (Å²) in [5, 5.41) is 3.81. The zero-order chi connectivity index (χ0) is 20.8. The molecule has 1 aliphatic rings. The van der Waals surface area contributed by atoms with E-state index >= 15 is 0 Å². The number of piperazine rings is 1. The van der Waals surface area contributed by atoms with Crippen molar-refractivity contribution in [2.24, 2.45) is 0 Å². The van der Waals surface area contributed by atoms with Gasteiger partial charge in [0.25, 0.3) is 0 Å². The van der Waals surface area contributed by atoms with E-state index in [-0.39, 0.29) is 5.91 Å². The van der Waals surface area contributed by atoms with E-state index in [1.807, 2.05) is 38.1 Å². The number of amides is 1. The van der Waals surface area contributed by atoms with Gasteiger partial charge in [-0.25, -0.2) is 0 Å². The Morgan fingerprint density at radius 3 is 2.21 bits per heavy atom. The number of carbonyl (C=O) groups is 1. The largest absolute Gasteiger partial charge is 0.492 e.